The van der Waals surface area contributed by atoms with Gasteiger partial charge in [-0.15, -0.1) is 0 Å². The monoisotopic (exact) mass is 438 g/mol. The lowest BCUT2D eigenvalue weighted by atomic mass is 9.49. The molecule has 1 N–H and O–H groups in total. The summed E-state index contributed by atoms with van der Waals surface area (Å²) in [7, 11) is 1.87. The number of rotatable bonds is 3. The molecule has 0 spiro atoms. The van der Waals surface area contributed by atoms with Crippen molar-refractivity contribution >= 4 is 11.8 Å². The number of nitrogens with zero attached hydrogens (tertiary/aromatic N) is 1. The predicted octanol–water partition coefficient (Wildman–Crippen LogP) is 5.24. The Hall–Kier alpha value is -2.04. The Bertz CT molecular complexity index is 948. The van der Waals surface area contributed by atoms with Gasteiger partial charge in [-0.05, 0) is 87.7 Å². The second-order valence-corrected chi connectivity index (χ2v) is 11.9. The molecule has 3 aliphatic carbocycles. The third kappa shape index (κ3) is 3.10. The number of fused-ring (bicyclic) bond motifs is 5. The Balaban J connectivity index is 1.43. The molecule has 1 aliphatic heterocycles. The number of amides is 2. The second-order valence-electron chi connectivity index (χ2n) is 11.9. The number of hydrogen-bond donors (Lipinski definition) is 1. The Morgan fingerprint density at radius 1 is 1.22 bits per heavy atom. The van der Waals surface area contributed by atoms with Crippen molar-refractivity contribution in [3.05, 3.63) is 35.9 Å². The molecule has 0 radical (unpaired) electrons. The van der Waals surface area contributed by atoms with E-state index in [4.69, 9.17) is 4.42 Å². The number of likely N-dealkylation sites (tertiary alicyclic amines) is 1. The SMILES string of the molecule is CN1C(=O)C(C(=O)NC(C)(C)c2ccco2)C[C@@]2(C)C1=CC[C@@H]1[C@H]2CC[C@]2(C)CCC[C@@H]12. The smallest absolute Gasteiger partial charge is 0.239 e. The molecule has 2 saturated carbocycles. The molecule has 3 fully saturated rings. The highest BCUT2D eigenvalue weighted by atomic mass is 16.3. The van der Waals surface area contributed by atoms with Gasteiger partial charge in [-0.2, -0.15) is 0 Å². The van der Waals surface area contributed by atoms with E-state index >= 15 is 0 Å². The van der Waals surface area contributed by atoms with Gasteiger partial charge in [0.25, 0.3) is 0 Å². The van der Waals surface area contributed by atoms with Crippen LogP contribution < -0.4 is 5.32 Å². The molecular formula is C27H38N2O3. The number of nitrogens with one attached hydrogen (secondary N) is 1. The molecule has 32 heavy (non-hydrogen) atoms. The van der Waals surface area contributed by atoms with Crippen molar-refractivity contribution in [3.8, 4) is 0 Å². The van der Waals surface area contributed by atoms with E-state index in [9.17, 15) is 9.59 Å². The maximum absolute atomic E-state index is 13.5. The van der Waals surface area contributed by atoms with Gasteiger partial charge in [0, 0.05) is 18.2 Å². The van der Waals surface area contributed by atoms with Crippen molar-refractivity contribution in [2.75, 3.05) is 7.05 Å². The van der Waals surface area contributed by atoms with Crippen LogP contribution in [0, 0.1) is 34.5 Å². The van der Waals surface area contributed by atoms with Crippen molar-refractivity contribution in [3.63, 3.8) is 0 Å². The van der Waals surface area contributed by atoms with Gasteiger partial charge >= 0.3 is 0 Å². The van der Waals surface area contributed by atoms with Crippen molar-refractivity contribution in [2.24, 2.45) is 34.5 Å². The second kappa shape index (κ2) is 7.23. The molecule has 5 rings (SSSR count). The van der Waals surface area contributed by atoms with Crippen LogP contribution in [0.2, 0.25) is 0 Å². The minimum Gasteiger partial charge on any atom is -0.467 e. The van der Waals surface area contributed by atoms with Gasteiger partial charge in [-0.25, -0.2) is 0 Å². The van der Waals surface area contributed by atoms with E-state index < -0.39 is 11.5 Å². The molecule has 2 amide bonds. The van der Waals surface area contributed by atoms with Gasteiger partial charge in [-0.3, -0.25) is 9.59 Å². The van der Waals surface area contributed by atoms with Crippen LogP contribution in [0.1, 0.15) is 78.4 Å². The predicted molar refractivity (Wildman–Crippen MR) is 123 cm³/mol. The highest BCUT2D eigenvalue weighted by Gasteiger charge is 2.59. The number of hydrogen-bond acceptors (Lipinski definition) is 3. The number of furan rings is 1. The van der Waals surface area contributed by atoms with Crippen LogP contribution in [0.15, 0.2) is 34.6 Å². The molecule has 1 aromatic heterocycles. The Morgan fingerprint density at radius 2 is 2.00 bits per heavy atom. The largest absolute Gasteiger partial charge is 0.467 e. The maximum Gasteiger partial charge on any atom is 0.239 e. The molecule has 1 unspecified atom stereocenters. The number of carbonyl (C=O) groups is 2. The van der Waals surface area contributed by atoms with E-state index in [1.807, 2.05) is 33.0 Å². The summed E-state index contributed by atoms with van der Waals surface area (Å²) < 4.78 is 5.54. The van der Waals surface area contributed by atoms with E-state index in [0.29, 0.717) is 29.4 Å². The van der Waals surface area contributed by atoms with E-state index in [1.165, 1.54) is 32.1 Å². The average Bonchev–Trinajstić information content (AvgIpc) is 3.40. The lowest BCUT2D eigenvalue weighted by molar-refractivity contribution is -0.150. The van der Waals surface area contributed by atoms with E-state index in [1.54, 1.807) is 11.2 Å². The standard InChI is InChI=1S/C27H38N2O3/c1-25(2,22-9-7-15-32-22)28-23(30)18-16-27(4)20-12-14-26(3)13-6-8-19(26)17(20)10-11-21(27)29(5)24(18)31/h7,9,11,15,17-20H,6,8,10,12-14,16H2,1-5H3,(H,28,30)/t17-,18?,19-,20+,26-,27+/m0/s1. The van der Waals surface area contributed by atoms with Gasteiger partial charge in [0.1, 0.15) is 11.7 Å². The first-order chi connectivity index (χ1) is 15.1. The molecule has 1 saturated heterocycles. The third-order valence-electron chi connectivity index (χ3n) is 9.71. The van der Waals surface area contributed by atoms with Crippen LogP contribution in [-0.2, 0) is 15.1 Å². The summed E-state index contributed by atoms with van der Waals surface area (Å²) in [5.41, 5.74) is 0.844. The zero-order valence-electron chi connectivity index (χ0n) is 20.2. The van der Waals surface area contributed by atoms with E-state index in [0.717, 1.165) is 18.0 Å². The van der Waals surface area contributed by atoms with Crippen molar-refractivity contribution in [1.82, 2.24) is 10.2 Å². The lowest BCUT2D eigenvalue weighted by Gasteiger charge is -2.58. The van der Waals surface area contributed by atoms with Crippen LogP contribution in [0.4, 0.5) is 0 Å². The Morgan fingerprint density at radius 3 is 2.72 bits per heavy atom. The number of carbonyl (C=O) groups excluding carboxylic acids is 2. The van der Waals surface area contributed by atoms with Gasteiger partial charge < -0.3 is 14.6 Å². The number of allylic oxidation sites excluding steroid dienone is 2. The molecule has 0 bridgehead atoms. The summed E-state index contributed by atoms with van der Waals surface area (Å²) in [6, 6.07) is 3.69. The third-order valence-corrected chi connectivity index (χ3v) is 9.71. The summed E-state index contributed by atoms with van der Waals surface area (Å²) >= 11 is 0. The quantitative estimate of drug-likeness (QED) is 0.657. The molecule has 1 aromatic rings. The Labute approximate surface area is 192 Å². The molecular weight excluding hydrogens is 400 g/mol. The first kappa shape index (κ1) is 21.8. The van der Waals surface area contributed by atoms with Crippen molar-refractivity contribution < 1.29 is 14.0 Å². The van der Waals surface area contributed by atoms with E-state index in [-0.39, 0.29) is 17.2 Å². The van der Waals surface area contributed by atoms with Crippen LogP contribution in [0.25, 0.3) is 0 Å². The molecule has 2 heterocycles. The Kier molecular flexibility index (Phi) is 4.92. The van der Waals surface area contributed by atoms with Crippen molar-refractivity contribution in [2.45, 2.75) is 78.2 Å². The minimum atomic E-state index is -0.665. The normalized spacial score (nSPS) is 39.1. The van der Waals surface area contributed by atoms with Crippen LogP contribution in [-0.4, -0.2) is 23.8 Å². The molecule has 4 aliphatic rings. The summed E-state index contributed by atoms with van der Waals surface area (Å²) in [4.78, 5) is 28.6. The van der Waals surface area contributed by atoms with Gasteiger partial charge in [0.05, 0.1) is 11.8 Å². The van der Waals surface area contributed by atoms with Gasteiger partial charge in [-0.1, -0.05) is 26.3 Å². The average molecular weight is 439 g/mol. The van der Waals surface area contributed by atoms with Crippen molar-refractivity contribution in [1.29, 1.82) is 0 Å². The maximum atomic E-state index is 13.5. The van der Waals surface area contributed by atoms with Gasteiger partial charge in [0.15, 0.2) is 0 Å². The summed E-state index contributed by atoms with van der Waals surface area (Å²) in [6.07, 6.45) is 12.2. The zero-order valence-corrected chi connectivity index (χ0v) is 20.2. The fourth-order valence-electron chi connectivity index (χ4n) is 8.01. The topological polar surface area (TPSA) is 62.6 Å². The van der Waals surface area contributed by atoms with Crippen LogP contribution in [0.3, 0.4) is 0 Å². The molecule has 0 aromatic carbocycles. The molecule has 6 atom stereocenters. The highest BCUT2D eigenvalue weighted by Crippen LogP contribution is 2.64. The summed E-state index contributed by atoms with van der Waals surface area (Å²) in [5, 5.41) is 3.11. The fraction of sp³-hybridized carbons (Fsp3) is 0.704. The molecule has 174 valence electrons. The first-order valence-electron chi connectivity index (χ1n) is 12.4. The van der Waals surface area contributed by atoms with Crippen LogP contribution in [0.5, 0.6) is 0 Å². The fourth-order valence-corrected chi connectivity index (χ4v) is 8.01. The lowest BCUT2D eigenvalue weighted by Crippen LogP contribution is -2.58. The molecule has 5 nitrogen and oxygen atoms in total. The summed E-state index contributed by atoms with van der Waals surface area (Å²) in [6.45, 7) is 8.68. The first-order valence-corrected chi connectivity index (χ1v) is 12.4. The van der Waals surface area contributed by atoms with E-state index in [2.05, 4.69) is 25.2 Å². The van der Waals surface area contributed by atoms with Crippen LogP contribution >= 0.6 is 0 Å². The highest BCUT2D eigenvalue weighted by molar-refractivity contribution is 6.02. The number of piperidine rings is 1. The van der Waals surface area contributed by atoms with Gasteiger partial charge in [0.2, 0.25) is 11.8 Å². The molecule has 5 heteroatoms. The zero-order chi connectivity index (χ0) is 22.9. The summed E-state index contributed by atoms with van der Waals surface area (Å²) in [5.74, 6) is 1.77. The minimum absolute atomic E-state index is 0.0820.